The molecule has 1 saturated heterocycles. The van der Waals surface area contributed by atoms with Crippen molar-refractivity contribution in [2.75, 3.05) is 17.1 Å². The number of anilines is 2. The summed E-state index contributed by atoms with van der Waals surface area (Å²) < 4.78 is 33.4. The Morgan fingerprint density at radius 3 is 2.21 bits per heavy atom. The fourth-order valence-electron chi connectivity index (χ4n) is 3.04. The van der Waals surface area contributed by atoms with Crippen LogP contribution >= 0.6 is 0 Å². The first-order valence-electron chi connectivity index (χ1n) is 8.84. The third kappa shape index (κ3) is 4.44. The third-order valence-electron chi connectivity index (χ3n) is 4.62. The number of carbonyl (C=O) groups is 1. The molecule has 1 amide bonds. The summed E-state index contributed by atoms with van der Waals surface area (Å²) in [6.07, 6.45) is 0. The molecule has 0 spiro atoms. The monoisotopic (exact) mass is 404 g/mol. The zero-order valence-corrected chi connectivity index (χ0v) is 16.7. The predicted molar refractivity (Wildman–Crippen MR) is 108 cm³/mol. The molecule has 3 atom stereocenters. The van der Waals surface area contributed by atoms with Gasteiger partial charge in [0.15, 0.2) is 5.37 Å². The number of benzene rings is 2. The second kappa shape index (κ2) is 8.17. The van der Waals surface area contributed by atoms with Crippen molar-refractivity contribution in [1.29, 1.82) is 0 Å². The van der Waals surface area contributed by atoms with Crippen LogP contribution in [0.1, 0.15) is 12.5 Å². The van der Waals surface area contributed by atoms with E-state index in [-0.39, 0.29) is 6.04 Å². The first-order chi connectivity index (χ1) is 13.3. The van der Waals surface area contributed by atoms with Crippen LogP contribution in [0.5, 0.6) is 5.75 Å². The molecule has 1 aliphatic rings. The second-order valence-electron chi connectivity index (χ2n) is 6.75. The van der Waals surface area contributed by atoms with Crippen LogP contribution < -0.4 is 25.6 Å². The van der Waals surface area contributed by atoms with Crippen molar-refractivity contribution >= 4 is 27.3 Å². The molecule has 1 fully saturated rings. The minimum atomic E-state index is -3.86. The van der Waals surface area contributed by atoms with Gasteiger partial charge in [-0.2, -0.15) is 0 Å². The average molecular weight is 404 g/mol. The molecule has 0 aromatic heterocycles. The van der Waals surface area contributed by atoms with Crippen molar-refractivity contribution in [2.45, 2.75) is 25.3 Å². The number of nitrogens with one attached hydrogen (secondary N) is 4. The van der Waals surface area contributed by atoms with E-state index < -0.39 is 27.2 Å². The van der Waals surface area contributed by atoms with Gasteiger partial charge in [0.25, 0.3) is 10.0 Å². The number of amides is 1. The Bertz CT molecular complexity index is 929. The van der Waals surface area contributed by atoms with Crippen molar-refractivity contribution < 1.29 is 17.9 Å². The lowest BCUT2D eigenvalue weighted by molar-refractivity contribution is -0.119. The minimum Gasteiger partial charge on any atom is -0.497 e. The van der Waals surface area contributed by atoms with E-state index in [1.165, 1.54) is 0 Å². The SMILES string of the molecule is COc1ccc(NC(=O)C2C(C)NNC2S(=O)(=O)Nc2ccc(C)cc2)cc1. The first kappa shape index (κ1) is 20.1. The lowest BCUT2D eigenvalue weighted by Gasteiger charge is -2.21. The number of hydrazine groups is 1. The Kier molecular flexibility index (Phi) is 5.87. The molecular formula is C19H24N4O4S. The summed E-state index contributed by atoms with van der Waals surface area (Å²) in [5.74, 6) is -0.558. The average Bonchev–Trinajstić information content (AvgIpc) is 3.07. The fraction of sp³-hybridized carbons (Fsp3) is 0.316. The summed E-state index contributed by atoms with van der Waals surface area (Å²) in [5, 5.41) is 1.65. The molecule has 3 unspecified atom stereocenters. The molecule has 1 heterocycles. The molecule has 0 aliphatic carbocycles. The van der Waals surface area contributed by atoms with Crippen LogP contribution in [0.25, 0.3) is 0 Å². The van der Waals surface area contributed by atoms with Gasteiger partial charge in [-0.25, -0.2) is 13.8 Å². The van der Waals surface area contributed by atoms with Crippen molar-refractivity contribution in [3.8, 4) is 5.75 Å². The van der Waals surface area contributed by atoms with Gasteiger partial charge in [0.2, 0.25) is 5.91 Å². The number of sulfonamides is 1. The molecule has 0 saturated carbocycles. The summed E-state index contributed by atoms with van der Waals surface area (Å²) in [5.41, 5.74) is 7.62. The summed E-state index contributed by atoms with van der Waals surface area (Å²) >= 11 is 0. The third-order valence-corrected chi connectivity index (χ3v) is 6.22. The quantitative estimate of drug-likeness (QED) is 0.585. The molecule has 2 aromatic carbocycles. The molecular weight excluding hydrogens is 380 g/mol. The molecule has 150 valence electrons. The van der Waals surface area contributed by atoms with Crippen LogP contribution in [0.15, 0.2) is 48.5 Å². The Labute approximate surface area is 164 Å². The van der Waals surface area contributed by atoms with Gasteiger partial charge in [-0.1, -0.05) is 17.7 Å². The molecule has 9 heteroatoms. The second-order valence-corrected chi connectivity index (χ2v) is 8.56. The normalized spacial score (nSPS) is 21.9. The highest BCUT2D eigenvalue weighted by atomic mass is 32.2. The Morgan fingerprint density at radius 2 is 1.61 bits per heavy atom. The number of methoxy groups -OCH3 is 1. The highest BCUT2D eigenvalue weighted by molar-refractivity contribution is 7.93. The maximum atomic E-state index is 12.9. The van der Waals surface area contributed by atoms with E-state index >= 15 is 0 Å². The van der Waals surface area contributed by atoms with E-state index in [2.05, 4.69) is 20.9 Å². The van der Waals surface area contributed by atoms with Gasteiger partial charge in [-0.15, -0.1) is 0 Å². The Morgan fingerprint density at radius 1 is 1.00 bits per heavy atom. The molecule has 1 aliphatic heterocycles. The highest BCUT2D eigenvalue weighted by Gasteiger charge is 2.46. The maximum absolute atomic E-state index is 12.9. The van der Waals surface area contributed by atoms with Gasteiger partial charge in [0.1, 0.15) is 5.75 Å². The fourth-order valence-corrected chi connectivity index (χ4v) is 4.60. The van der Waals surface area contributed by atoms with Gasteiger partial charge in [-0.05, 0) is 50.2 Å². The largest absolute Gasteiger partial charge is 0.497 e. The summed E-state index contributed by atoms with van der Waals surface area (Å²) in [4.78, 5) is 12.8. The number of hydrogen-bond donors (Lipinski definition) is 4. The summed E-state index contributed by atoms with van der Waals surface area (Å²) in [7, 11) is -2.30. The highest BCUT2D eigenvalue weighted by Crippen LogP contribution is 2.24. The van der Waals surface area contributed by atoms with Crippen LogP contribution in [0, 0.1) is 12.8 Å². The van der Waals surface area contributed by atoms with Crippen molar-refractivity contribution in [3.05, 3.63) is 54.1 Å². The van der Waals surface area contributed by atoms with Crippen LogP contribution in [0.2, 0.25) is 0 Å². The summed E-state index contributed by atoms with van der Waals surface area (Å²) in [6.45, 7) is 3.68. The molecule has 2 aromatic rings. The Balaban J connectivity index is 1.76. The molecule has 0 radical (unpaired) electrons. The lowest BCUT2D eigenvalue weighted by atomic mass is 10.0. The molecule has 8 nitrogen and oxygen atoms in total. The van der Waals surface area contributed by atoms with Gasteiger partial charge in [-0.3, -0.25) is 14.9 Å². The minimum absolute atomic E-state index is 0.377. The Hall–Kier alpha value is -2.62. The van der Waals surface area contributed by atoms with Crippen LogP contribution in [-0.4, -0.2) is 32.9 Å². The van der Waals surface area contributed by atoms with E-state index in [1.54, 1.807) is 50.4 Å². The van der Waals surface area contributed by atoms with Crippen molar-refractivity contribution in [3.63, 3.8) is 0 Å². The van der Waals surface area contributed by atoms with Crippen LogP contribution in [0.3, 0.4) is 0 Å². The van der Waals surface area contributed by atoms with Crippen LogP contribution in [0.4, 0.5) is 11.4 Å². The lowest BCUT2D eigenvalue weighted by Crippen LogP contribution is -2.45. The van der Waals surface area contributed by atoms with E-state index in [1.807, 2.05) is 19.1 Å². The number of carbonyl (C=O) groups excluding carboxylic acids is 1. The first-order valence-corrected chi connectivity index (χ1v) is 10.4. The smallest absolute Gasteiger partial charge is 0.250 e. The van der Waals surface area contributed by atoms with Crippen molar-refractivity contribution in [2.24, 2.45) is 5.92 Å². The standard InChI is InChI=1S/C19H24N4O4S/c1-12-4-6-15(7-5-12)23-28(25,26)19-17(13(2)21-22-19)18(24)20-14-8-10-16(27-3)11-9-14/h4-11,13,17,19,21-23H,1-3H3,(H,20,24). The van der Waals surface area contributed by atoms with E-state index in [9.17, 15) is 13.2 Å². The molecule has 3 rings (SSSR count). The zero-order chi connectivity index (χ0) is 20.3. The van der Waals surface area contributed by atoms with Gasteiger partial charge >= 0.3 is 0 Å². The van der Waals surface area contributed by atoms with Gasteiger partial charge < -0.3 is 10.1 Å². The van der Waals surface area contributed by atoms with Crippen molar-refractivity contribution in [1.82, 2.24) is 10.9 Å². The van der Waals surface area contributed by atoms with Gasteiger partial charge in [0.05, 0.1) is 13.0 Å². The van der Waals surface area contributed by atoms with Gasteiger partial charge in [0, 0.05) is 17.4 Å². The van der Waals surface area contributed by atoms with Crippen LogP contribution in [-0.2, 0) is 14.8 Å². The predicted octanol–water partition coefficient (Wildman–Crippen LogP) is 1.82. The maximum Gasteiger partial charge on any atom is 0.250 e. The van der Waals surface area contributed by atoms with E-state index in [0.717, 1.165) is 5.56 Å². The number of aryl methyl sites for hydroxylation is 1. The molecule has 28 heavy (non-hydrogen) atoms. The van der Waals surface area contributed by atoms with E-state index in [4.69, 9.17) is 4.74 Å². The number of ether oxygens (including phenoxy) is 1. The molecule has 0 bridgehead atoms. The van der Waals surface area contributed by atoms with E-state index in [0.29, 0.717) is 17.1 Å². The number of rotatable bonds is 6. The summed E-state index contributed by atoms with van der Waals surface area (Å²) in [6, 6.07) is 13.5. The zero-order valence-electron chi connectivity index (χ0n) is 15.9. The number of hydrogen-bond acceptors (Lipinski definition) is 6. The topological polar surface area (TPSA) is 109 Å². The molecule has 4 N–H and O–H groups in total.